The molecule has 0 amide bonds. The molecule has 5 heteroatoms. The summed E-state index contributed by atoms with van der Waals surface area (Å²) in [4.78, 5) is 11.1. The highest BCUT2D eigenvalue weighted by Crippen LogP contribution is 2.40. The van der Waals surface area contributed by atoms with Crippen molar-refractivity contribution in [1.29, 1.82) is 0 Å². The van der Waals surface area contributed by atoms with Crippen molar-refractivity contribution in [2.45, 2.75) is 76.4 Å². The van der Waals surface area contributed by atoms with Crippen LogP contribution in [0.5, 0.6) is 0 Å². The van der Waals surface area contributed by atoms with Gasteiger partial charge in [-0.2, -0.15) is 0 Å². The van der Waals surface area contributed by atoms with Gasteiger partial charge < -0.3 is 19.3 Å². The average molecular weight is 397 g/mol. The van der Waals surface area contributed by atoms with Crippen LogP contribution >= 0.6 is 0 Å². The first-order valence-corrected chi connectivity index (χ1v) is 10.8. The van der Waals surface area contributed by atoms with E-state index in [9.17, 15) is 4.79 Å². The Labute approximate surface area is 171 Å². The van der Waals surface area contributed by atoms with E-state index in [-0.39, 0.29) is 18.2 Å². The van der Waals surface area contributed by atoms with Crippen molar-refractivity contribution in [3.63, 3.8) is 0 Å². The first-order chi connectivity index (χ1) is 13.7. The first kappa shape index (κ1) is 24.9. The van der Waals surface area contributed by atoms with E-state index in [1.807, 2.05) is 6.08 Å². The van der Waals surface area contributed by atoms with Gasteiger partial charge in [0.15, 0.2) is 0 Å². The third-order valence-electron chi connectivity index (χ3n) is 5.72. The molecule has 1 aliphatic carbocycles. The lowest BCUT2D eigenvalue weighted by molar-refractivity contribution is -0.134. The van der Waals surface area contributed by atoms with E-state index in [2.05, 4.69) is 16.9 Å². The maximum absolute atomic E-state index is 11.1. The highest BCUT2D eigenvalue weighted by Gasteiger charge is 2.41. The summed E-state index contributed by atoms with van der Waals surface area (Å²) in [6, 6.07) is 0. The summed E-state index contributed by atoms with van der Waals surface area (Å²) in [6.07, 6.45) is 19.1. The van der Waals surface area contributed by atoms with Crippen molar-refractivity contribution in [2.75, 3.05) is 27.9 Å². The molecule has 0 spiro atoms. The fraction of sp³-hybridized carbons (Fsp3) is 0.783. The molecule has 0 aromatic rings. The molecule has 0 aromatic heterocycles. The van der Waals surface area contributed by atoms with E-state index in [0.717, 1.165) is 51.4 Å². The minimum atomic E-state index is -0.292. The van der Waals surface area contributed by atoms with Crippen LogP contribution in [-0.2, 0) is 19.0 Å². The van der Waals surface area contributed by atoms with Crippen molar-refractivity contribution in [2.24, 2.45) is 11.8 Å². The topological polar surface area (TPSA) is 65.0 Å². The Hall–Kier alpha value is -1.17. The van der Waals surface area contributed by atoms with Crippen LogP contribution in [-0.4, -0.2) is 51.2 Å². The van der Waals surface area contributed by atoms with Gasteiger partial charge in [0.25, 0.3) is 0 Å². The summed E-state index contributed by atoms with van der Waals surface area (Å²) in [5.41, 5.74) is 0. The zero-order chi connectivity index (χ0) is 20.6. The van der Waals surface area contributed by atoms with Crippen molar-refractivity contribution in [3.8, 4) is 0 Å². The third kappa shape index (κ3) is 9.35. The van der Waals surface area contributed by atoms with E-state index in [0.29, 0.717) is 18.4 Å². The van der Waals surface area contributed by atoms with Gasteiger partial charge in [0.2, 0.25) is 0 Å². The summed E-state index contributed by atoms with van der Waals surface area (Å²) >= 11 is 0. The number of rotatable bonds is 15. The molecule has 4 atom stereocenters. The molecular formula is C23H40O5. The summed E-state index contributed by atoms with van der Waals surface area (Å²) in [7, 11) is 5.00. The van der Waals surface area contributed by atoms with Crippen molar-refractivity contribution >= 4 is 5.97 Å². The van der Waals surface area contributed by atoms with Crippen molar-refractivity contribution in [1.82, 2.24) is 0 Å². The number of unbranched alkanes of at least 4 members (excludes halogenated alkanes) is 6. The molecule has 1 saturated carbocycles. The number of carbonyl (C=O) groups is 1. The maximum Gasteiger partial charge on any atom is 0.330 e. The Morgan fingerprint density at radius 3 is 2.29 bits per heavy atom. The molecule has 0 heterocycles. The van der Waals surface area contributed by atoms with Crippen LogP contribution in [0.3, 0.4) is 0 Å². The second-order valence-corrected chi connectivity index (χ2v) is 7.59. The molecule has 5 nitrogen and oxygen atoms in total. The molecule has 28 heavy (non-hydrogen) atoms. The highest BCUT2D eigenvalue weighted by atomic mass is 16.5. The molecule has 1 unspecified atom stereocenters. The van der Waals surface area contributed by atoms with Gasteiger partial charge in [-0.05, 0) is 44.4 Å². The Balaban J connectivity index is 2.46. The molecule has 0 radical (unpaired) electrons. The Morgan fingerprint density at radius 1 is 0.929 bits per heavy atom. The number of ether oxygens (including phenoxy) is 3. The SMILES string of the molecule is COC(=O)C=CCCCCC1[C@@H](OC)C[C@@H](OC)[C@@H]1C=CCCCCCCO. The summed E-state index contributed by atoms with van der Waals surface area (Å²) in [5.74, 6) is 0.586. The van der Waals surface area contributed by atoms with Gasteiger partial charge in [-0.15, -0.1) is 0 Å². The number of methoxy groups -OCH3 is 3. The van der Waals surface area contributed by atoms with Crippen LogP contribution in [0.25, 0.3) is 0 Å². The van der Waals surface area contributed by atoms with Crippen molar-refractivity contribution in [3.05, 3.63) is 24.3 Å². The first-order valence-electron chi connectivity index (χ1n) is 10.8. The number of aliphatic hydroxyl groups excluding tert-OH is 1. The second-order valence-electron chi connectivity index (χ2n) is 7.59. The highest BCUT2D eigenvalue weighted by molar-refractivity contribution is 5.81. The van der Waals surface area contributed by atoms with E-state index < -0.39 is 0 Å². The van der Waals surface area contributed by atoms with E-state index in [1.54, 1.807) is 14.2 Å². The molecule has 1 fully saturated rings. The van der Waals surface area contributed by atoms with E-state index >= 15 is 0 Å². The summed E-state index contributed by atoms with van der Waals surface area (Å²) in [5, 5.41) is 8.84. The minimum Gasteiger partial charge on any atom is -0.466 e. The van der Waals surface area contributed by atoms with Crippen LogP contribution in [0, 0.1) is 11.8 Å². The molecular weight excluding hydrogens is 356 g/mol. The minimum absolute atomic E-state index is 0.222. The van der Waals surface area contributed by atoms with Crippen LogP contribution in [0.4, 0.5) is 0 Å². The van der Waals surface area contributed by atoms with E-state index in [4.69, 9.17) is 14.6 Å². The van der Waals surface area contributed by atoms with Gasteiger partial charge in [0, 0.05) is 39.2 Å². The standard InChI is InChI=1S/C23H40O5/c1-26-21-18-22(27-2)20(15-11-7-8-12-16-23(25)28-3)19(21)14-10-6-4-5-9-13-17-24/h10,12,14,16,19-22,24H,4-9,11,13,15,17-18H2,1-3H3/t19-,20?,21-,22+/m1/s1. The molecule has 0 aliphatic heterocycles. The van der Waals surface area contributed by atoms with Gasteiger partial charge in [-0.25, -0.2) is 4.79 Å². The molecule has 1 rings (SSSR count). The van der Waals surface area contributed by atoms with Gasteiger partial charge in [-0.1, -0.05) is 37.5 Å². The molecule has 162 valence electrons. The molecule has 0 bridgehead atoms. The summed E-state index contributed by atoms with van der Waals surface area (Å²) in [6.45, 7) is 0.298. The Kier molecular flexibility index (Phi) is 14.0. The predicted molar refractivity (Wildman–Crippen MR) is 112 cm³/mol. The van der Waals surface area contributed by atoms with Gasteiger partial charge in [-0.3, -0.25) is 0 Å². The summed E-state index contributed by atoms with van der Waals surface area (Å²) < 4.78 is 16.1. The van der Waals surface area contributed by atoms with Crippen LogP contribution in [0.2, 0.25) is 0 Å². The van der Waals surface area contributed by atoms with Gasteiger partial charge >= 0.3 is 5.97 Å². The second kappa shape index (κ2) is 15.7. The average Bonchev–Trinajstić information content (AvgIpc) is 3.06. The predicted octanol–water partition coefficient (Wildman–Crippen LogP) is 4.44. The largest absolute Gasteiger partial charge is 0.466 e. The lowest BCUT2D eigenvalue weighted by Crippen LogP contribution is -2.22. The Bertz CT molecular complexity index is 460. The molecule has 0 aromatic carbocycles. The molecule has 1 aliphatic rings. The zero-order valence-electron chi connectivity index (χ0n) is 18.0. The van der Waals surface area contributed by atoms with Crippen LogP contribution in [0.15, 0.2) is 24.3 Å². The number of hydrogen-bond acceptors (Lipinski definition) is 5. The maximum atomic E-state index is 11.1. The zero-order valence-corrected chi connectivity index (χ0v) is 18.0. The monoisotopic (exact) mass is 396 g/mol. The van der Waals surface area contributed by atoms with Crippen molar-refractivity contribution < 1.29 is 24.1 Å². The van der Waals surface area contributed by atoms with Crippen LogP contribution < -0.4 is 0 Å². The number of allylic oxidation sites excluding steroid dienone is 2. The van der Waals surface area contributed by atoms with Crippen LogP contribution in [0.1, 0.15) is 64.2 Å². The lowest BCUT2D eigenvalue weighted by Gasteiger charge is -2.23. The lowest BCUT2D eigenvalue weighted by atomic mass is 9.88. The molecule has 0 saturated heterocycles. The third-order valence-corrected chi connectivity index (χ3v) is 5.72. The fourth-order valence-corrected chi connectivity index (χ4v) is 4.12. The smallest absolute Gasteiger partial charge is 0.330 e. The Morgan fingerprint density at radius 2 is 1.61 bits per heavy atom. The molecule has 1 N–H and O–H groups in total. The fourth-order valence-electron chi connectivity index (χ4n) is 4.12. The van der Waals surface area contributed by atoms with E-state index in [1.165, 1.54) is 26.0 Å². The van der Waals surface area contributed by atoms with Gasteiger partial charge in [0.1, 0.15) is 0 Å². The van der Waals surface area contributed by atoms with Gasteiger partial charge in [0.05, 0.1) is 19.3 Å². The number of hydrogen-bond donors (Lipinski definition) is 1. The number of esters is 1. The quantitative estimate of drug-likeness (QED) is 0.192. The number of aliphatic hydroxyl groups is 1. The normalized spacial score (nSPS) is 25.1. The number of carbonyl (C=O) groups excluding carboxylic acids is 1.